The largest absolute Gasteiger partial charge is 0.304 e. The van der Waals surface area contributed by atoms with Gasteiger partial charge in [-0.15, -0.1) is 0 Å². The van der Waals surface area contributed by atoms with Gasteiger partial charge in [-0.25, -0.2) is 0 Å². The van der Waals surface area contributed by atoms with Gasteiger partial charge >= 0.3 is 0 Å². The number of rotatable bonds is 2. The molecule has 1 fully saturated rings. The molecule has 2 rings (SSSR count). The van der Waals surface area contributed by atoms with Crippen LogP contribution in [0.2, 0.25) is 0 Å². The second-order valence-corrected chi connectivity index (χ2v) is 3.39. The van der Waals surface area contributed by atoms with Crippen molar-refractivity contribution in [3.05, 3.63) is 35.9 Å². The van der Waals surface area contributed by atoms with E-state index < -0.39 is 19.5 Å². The minimum atomic E-state index is -2.05. The van der Waals surface area contributed by atoms with Crippen LogP contribution >= 0.6 is 0 Å². The Morgan fingerprint density at radius 1 is 1.36 bits per heavy atom. The lowest BCUT2D eigenvalue weighted by atomic mass is 9.89. The van der Waals surface area contributed by atoms with E-state index in [9.17, 15) is 0 Å². The standard InChI is InChI=1S/C13H19N/c1-2-14-10-8-13(9-11-14)12-6-4-3-5-7-12/h3-7,13H,2,8-11H2,1H3/i2D2,10D2,11D2. The summed E-state index contributed by atoms with van der Waals surface area (Å²) in [6.45, 7) is -4.90. The number of benzene rings is 1. The summed E-state index contributed by atoms with van der Waals surface area (Å²) in [5, 5.41) is 0. The van der Waals surface area contributed by atoms with Crippen molar-refractivity contribution >= 4 is 0 Å². The summed E-state index contributed by atoms with van der Waals surface area (Å²) in [5.41, 5.74) is 0.900. The van der Waals surface area contributed by atoms with Crippen LogP contribution in [0.5, 0.6) is 0 Å². The Kier molecular flexibility index (Phi) is 1.58. The second-order valence-electron chi connectivity index (χ2n) is 3.39. The highest BCUT2D eigenvalue weighted by Crippen LogP contribution is 2.27. The molecule has 0 aliphatic carbocycles. The van der Waals surface area contributed by atoms with Gasteiger partial charge in [0.15, 0.2) is 0 Å². The SMILES string of the molecule is [2H]C([2H])(C)N1C([2H])([2H])CC(c2ccccc2)CC1([2H])[2H]. The average molecular weight is 195 g/mol. The van der Waals surface area contributed by atoms with Crippen LogP contribution in [0.3, 0.4) is 0 Å². The van der Waals surface area contributed by atoms with Crippen LogP contribution in [0.25, 0.3) is 0 Å². The molecule has 1 aromatic carbocycles. The fraction of sp³-hybridized carbons (Fsp3) is 0.538. The van der Waals surface area contributed by atoms with E-state index in [1.54, 1.807) is 0 Å². The summed E-state index contributed by atoms with van der Waals surface area (Å²) in [7, 11) is 0. The molecule has 1 saturated heterocycles. The number of hydrogen-bond acceptors (Lipinski definition) is 1. The quantitative estimate of drug-likeness (QED) is 0.701. The minimum absolute atomic E-state index is 0.0872. The molecule has 0 unspecified atom stereocenters. The lowest BCUT2D eigenvalue weighted by Crippen LogP contribution is -2.32. The highest BCUT2D eigenvalue weighted by Gasteiger charge is 2.18. The van der Waals surface area contributed by atoms with Gasteiger partial charge in [0, 0.05) is 8.22 Å². The highest BCUT2D eigenvalue weighted by molar-refractivity contribution is 5.19. The van der Waals surface area contributed by atoms with Crippen molar-refractivity contribution in [3.63, 3.8) is 0 Å². The first kappa shape index (κ1) is 4.80. The van der Waals surface area contributed by atoms with Crippen LogP contribution < -0.4 is 0 Å². The lowest BCUT2D eigenvalue weighted by Gasteiger charge is -2.31. The number of nitrogens with zero attached hydrogens (tertiary/aromatic N) is 1. The van der Waals surface area contributed by atoms with Gasteiger partial charge in [-0.3, -0.25) is 0 Å². The van der Waals surface area contributed by atoms with Crippen molar-refractivity contribution in [2.45, 2.75) is 25.7 Å². The van der Waals surface area contributed by atoms with Crippen molar-refractivity contribution in [1.82, 2.24) is 4.90 Å². The monoisotopic (exact) mass is 195 g/mol. The van der Waals surface area contributed by atoms with Crippen LogP contribution in [0.15, 0.2) is 30.3 Å². The first-order valence-electron chi connectivity index (χ1n) is 7.89. The lowest BCUT2D eigenvalue weighted by molar-refractivity contribution is 0.222. The van der Waals surface area contributed by atoms with Gasteiger partial charge in [-0.2, -0.15) is 0 Å². The molecule has 1 heterocycles. The summed E-state index contributed by atoms with van der Waals surface area (Å²) >= 11 is 0. The van der Waals surface area contributed by atoms with Gasteiger partial charge in [0.05, 0.1) is 0 Å². The Morgan fingerprint density at radius 3 is 2.57 bits per heavy atom. The fourth-order valence-electron chi connectivity index (χ4n) is 1.65. The Balaban J connectivity index is 2.36. The van der Waals surface area contributed by atoms with Gasteiger partial charge in [0.25, 0.3) is 0 Å². The molecule has 76 valence electrons. The van der Waals surface area contributed by atoms with E-state index in [4.69, 9.17) is 8.22 Å². The van der Waals surface area contributed by atoms with Crippen molar-refractivity contribution in [2.75, 3.05) is 19.5 Å². The molecule has 14 heavy (non-hydrogen) atoms. The van der Waals surface area contributed by atoms with Crippen LogP contribution in [-0.2, 0) is 0 Å². The molecule has 1 nitrogen and oxygen atoms in total. The topological polar surface area (TPSA) is 3.24 Å². The van der Waals surface area contributed by atoms with Crippen LogP contribution in [0.1, 0.15) is 39.5 Å². The van der Waals surface area contributed by atoms with E-state index in [1.807, 2.05) is 30.3 Å². The molecule has 1 heteroatoms. The number of piperidine rings is 1. The molecule has 0 saturated carbocycles. The first-order valence-corrected chi connectivity index (χ1v) is 4.89. The number of likely N-dealkylation sites (tertiary alicyclic amines) is 1. The zero-order valence-electron chi connectivity index (χ0n) is 14.3. The van der Waals surface area contributed by atoms with Crippen molar-refractivity contribution in [2.24, 2.45) is 0 Å². The molecule has 0 spiro atoms. The summed E-state index contributed by atoms with van der Waals surface area (Å²) in [4.78, 5) is 0.729. The van der Waals surface area contributed by atoms with E-state index in [0.717, 1.165) is 10.5 Å². The average Bonchev–Trinajstić information content (AvgIpc) is 2.24. The first-order chi connectivity index (χ1) is 9.04. The Hall–Kier alpha value is -0.820. The van der Waals surface area contributed by atoms with Gasteiger partial charge in [0.1, 0.15) is 0 Å². The van der Waals surface area contributed by atoms with Crippen molar-refractivity contribution in [3.8, 4) is 0 Å². The molecule has 1 aromatic rings. The van der Waals surface area contributed by atoms with E-state index in [-0.39, 0.29) is 18.8 Å². The molecule has 0 bridgehead atoms. The van der Waals surface area contributed by atoms with E-state index in [2.05, 4.69) is 0 Å². The van der Waals surface area contributed by atoms with Gasteiger partial charge in [-0.05, 0) is 43.8 Å². The Bertz CT molecular complexity index is 449. The van der Waals surface area contributed by atoms with Crippen molar-refractivity contribution in [1.29, 1.82) is 0 Å². The second kappa shape index (κ2) is 4.61. The Labute approximate surface area is 95.2 Å². The van der Waals surface area contributed by atoms with Crippen molar-refractivity contribution < 1.29 is 8.22 Å². The molecular weight excluding hydrogens is 170 g/mol. The van der Waals surface area contributed by atoms with Crippen LogP contribution in [-0.4, -0.2) is 24.4 Å². The van der Waals surface area contributed by atoms with E-state index in [1.165, 1.54) is 6.92 Å². The minimum Gasteiger partial charge on any atom is -0.304 e. The third-order valence-corrected chi connectivity index (χ3v) is 2.49. The highest BCUT2D eigenvalue weighted by atomic mass is 15.1. The molecular formula is C13H19N. The Morgan fingerprint density at radius 2 is 2.00 bits per heavy atom. The maximum Gasteiger partial charge on any atom is 0.0431 e. The molecule has 1 aliphatic rings. The van der Waals surface area contributed by atoms with E-state index in [0.29, 0.717) is 0 Å². The maximum absolute atomic E-state index is 8.09. The molecule has 0 aromatic heterocycles. The van der Waals surface area contributed by atoms with Gasteiger partial charge < -0.3 is 4.90 Å². The van der Waals surface area contributed by atoms with E-state index >= 15 is 0 Å². The van der Waals surface area contributed by atoms with Gasteiger partial charge in [0.2, 0.25) is 0 Å². The normalized spacial score (nSPS) is 34.4. The molecule has 0 amide bonds. The smallest absolute Gasteiger partial charge is 0.0431 e. The molecule has 0 N–H and O–H groups in total. The number of hydrogen-bond donors (Lipinski definition) is 0. The predicted molar refractivity (Wildman–Crippen MR) is 60.5 cm³/mol. The summed E-state index contributed by atoms with van der Waals surface area (Å²) in [6.07, 6.45) is 0.174. The zero-order valence-corrected chi connectivity index (χ0v) is 8.33. The van der Waals surface area contributed by atoms with Gasteiger partial charge in [-0.1, -0.05) is 37.3 Å². The zero-order chi connectivity index (χ0) is 15.2. The third-order valence-electron chi connectivity index (χ3n) is 2.49. The fourth-order valence-corrected chi connectivity index (χ4v) is 1.65. The predicted octanol–water partition coefficient (Wildman–Crippen LogP) is 2.89. The summed E-state index contributed by atoms with van der Waals surface area (Å²) in [5.74, 6) is -0.250. The van der Waals surface area contributed by atoms with Crippen LogP contribution in [0, 0.1) is 0 Å². The maximum atomic E-state index is 8.09. The third kappa shape index (κ3) is 2.16. The summed E-state index contributed by atoms with van der Waals surface area (Å²) in [6, 6.07) is 9.31. The molecule has 0 radical (unpaired) electrons. The van der Waals surface area contributed by atoms with Crippen LogP contribution in [0.4, 0.5) is 0 Å². The molecule has 0 atom stereocenters. The summed E-state index contributed by atoms with van der Waals surface area (Å²) < 4.78 is 47.8. The molecule has 1 aliphatic heterocycles.